The van der Waals surface area contributed by atoms with Crippen molar-refractivity contribution in [2.24, 2.45) is 0 Å². The largest absolute Gasteiger partial charge is 0.387 e. The number of nitrogens with one attached hydrogen (secondary N) is 1. The lowest BCUT2D eigenvalue weighted by molar-refractivity contribution is 0.170. The van der Waals surface area contributed by atoms with Crippen LogP contribution in [0.1, 0.15) is 55.7 Å². The molecular weight excluding hydrogens is 552 g/mol. The van der Waals surface area contributed by atoms with E-state index in [-0.39, 0.29) is 11.3 Å². The Kier molecular flexibility index (Phi) is 7.70. The van der Waals surface area contributed by atoms with E-state index in [9.17, 15) is 18.3 Å². The molecule has 216 valence electrons. The lowest BCUT2D eigenvalue weighted by atomic mass is 9.98. The van der Waals surface area contributed by atoms with Crippen LogP contribution in [0.3, 0.4) is 0 Å². The molecular formula is C31H32N6O4S. The molecule has 2 atom stereocenters. The summed E-state index contributed by atoms with van der Waals surface area (Å²) in [5.74, 6) is 1.30. The molecule has 0 spiro atoms. The van der Waals surface area contributed by atoms with E-state index in [0.717, 1.165) is 35.1 Å². The van der Waals surface area contributed by atoms with Gasteiger partial charge in [-0.25, -0.2) is 13.4 Å². The second-order valence-electron chi connectivity index (χ2n) is 10.8. The molecule has 0 bridgehead atoms. The van der Waals surface area contributed by atoms with Crippen molar-refractivity contribution in [2.75, 3.05) is 5.75 Å². The fourth-order valence-electron chi connectivity index (χ4n) is 5.72. The number of hydrogen-bond donors (Lipinski definition) is 2. The minimum atomic E-state index is -3.36. The Morgan fingerprint density at radius 1 is 1.07 bits per heavy atom. The molecule has 1 aliphatic rings. The molecule has 0 radical (unpaired) electrons. The molecule has 11 heteroatoms. The lowest BCUT2D eigenvalue weighted by Crippen LogP contribution is -2.27. The summed E-state index contributed by atoms with van der Waals surface area (Å²) in [6, 6.07) is 20.9. The lowest BCUT2D eigenvalue weighted by Gasteiger charge is -2.19. The van der Waals surface area contributed by atoms with Gasteiger partial charge < -0.3 is 5.11 Å². The van der Waals surface area contributed by atoms with Crippen LogP contribution in [0.25, 0.3) is 33.4 Å². The number of aliphatic hydroxyl groups is 1. The zero-order chi connectivity index (χ0) is 29.3. The molecule has 5 aromatic rings. The van der Waals surface area contributed by atoms with Gasteiger partial charge in [0.1, 0.15) is 5.82 Å². The Balaban J connectivity index is 1.35. The van der Waals surface area contributed by atoms with Crippen molar-refractivity contribution in [2.45, 2.75) is 56.9 Å². The van der Waals surface area contributed by atoms with Gasteiger partial charge in [-0.05, 0) is 58.9 Å². The average Bonchev–Trinajstić information content (AvgIpc) is 3.67. The number of aromatic amines is 1. The van der Waals surface area contributed by atoms with E-state index in [1.807, 2.05) is 48.5 Å². The van der Waals surface area contributed by atoms with E-state index in [2.05, 4.69) is 27.5 Å². The van der Waals surface area contributed by atoms with Crippen molar-refractivity contribution in [1.82, 2.24) is 30.2 Å². The summed E-state index contributed by atoms with van der Waals surface area (Å²) in [5.41, 5.74) is 4.50. The fourth-order valence-corrected chi connectivity index (χ4v) is 7.67. The van der Waals surface area contributed by atoms with E-state index < -0.39 is 21.2 Å². The highest BCUT2D eigenvalue weighted by Crippen LogP contribution is 2.33. The first kappa shape index (κ1) is 27.9. The number of hydrogen-bond acceptors (Lipinski definition) is 8. The molecule has 42 heavy (non-hydrogen) atoms. The first-order valence-corrected chi connectivity index (χ1v) is 15.9. The molecule has 10 nitrogen and oxygen atoms in total. The number of fused-ring (bicyclic) bond motifs is 1. The molecule has 2 N–H and O–H groups in total. The maximum Gasteiger partial charge on any atom is 0.261 e. The van der Waals surface area contributed by atoms with Crippen molar-refractivity contribution in [3.63, 3.8) is 0 Å². The van der Waals surface area contributed by atoms with Gasteiger partial charge in [-0.3, -0.25) is 9.36 Å². The predicted molar refractivity (Wildman–Crippen MR) is 161 cm³/mol. The molecule has 2 unspecified atom stereocenters. The Morgan fingerprint density at radius 2 is 1.86 bits per heavy atom. The highest BCUT2D eigenvalue weighted by atomic mass is 32.2. The van der Waals surface area contributed by atoms with Crippen LogP contribution < -0.4 is 5.56 Å². The molecule has 2 aromatic heterocycles. The number of aryl methyl sites for hydroxylation is 1. The summed E-state index contributed by atoms with van der Waals surface area (Å²) >= 11 is 0. The smallest absolute Gasteiger partial charge is 0.261 e. The van der Waals surface area contributed by atoms with Gasteiger partial charge in [-0.2, -0.15) is 5.21 Å². The van der Waals surface area contributed by atoms with Crippen LogP contribution >= 0.6 is 0 Å². The van der Waals surface area contributed by atoms with Gasteiger partial charge in [0.25, 0.3) is 5.56 Å². The molecule has 3 aromatic carbocycles. The Labute approximate surface area is 243 Å². The summed E-state index contributed by atoms with van der Waals surface area (Å²) in [5, 5.41) is 24.9. The zero-order valence-corrected chi connectivity index (χ0v) is 24.1. The number of H-pyrrole nitrogens is 1. The Hall–Kier alpha value is -4.22. The van der Waals surface area contributed by atoms with Crippen molar-refractivity contribution >= 4 is 20.7 Å². The first-order valence-electron chi connectivity index (χ1n) is 14.2. The normalized spacial score (nSPS) is 17.0. The quantitative estimate of drug-likeness (QED) is 0.262. The van der Waals surface area contributed by atoms with Crippen LogP contribution in [0.2, 0.25) is 0 Å². The summed E-state index contributed by atoms with van der Waals surface area (Å²) in [6.45, 7) is 2.43. The van der Waals surface area contributed by atoms with Crippen molar-refractivity contribution in [1.29, 1.82) is 0 Å². The summed E-state index contributed by atoms with van der Waals surface area (Å²) in [7, 11) is -3.36. The van der Waals surface area contributed by atoms with E-state index in [4.69, 9.17) is 4.98 Å². The third-order valence-electron chi connectivity index (χ3n) is 8.00. The number of benzene rings is 3. The standard InChI is InChI=1S/C31H32N6O4S/c1-2-3-10-28-32-26-16-15-22(29(38)27-9-6-17-42(27,40)41)18-25(26)31(39)37(28)19-20-11-13-21(14-12-20)23-7-4-5-8-24(23)30-33-35-36-34-30/h4-5,7-8,11-16,18,27,29,38H,2-3,6,9-10,17,19H2,1H3,(H,33,34,35,36). The number of tetrazole rings is 1. The summed E-state index contributed by atoms with van der Waals surface area (Å²) in [6.07, 6.45) is 2.27. The van der Waals surface area contributed by atoms with E-state index in [0.29, 0.717) is 53.9 Å². The van der Waals surface area contributed by atoms with Crippen LogP contribution in [-0.4, -0.2) is 54.7 Å². The van der Waals surface area contributed by atoms with E-state index in [1.54, 1.807) is 22.8 Å². The maximum atomic E-state index is 13.9. The van der Waals surface area contributed by atoms with Crippen molar-refractivity contribution < 1.29 is 13.5 Å². The van der Waals surface area contributed by atoms with E-state index >= 15 is 0 Å². The third kappa shape index (κ3) is 5.37. The minimum absolute atomic E-state index is 0.0823. The average molecular weight is 585 g/mol. The number of nitrogens with zero attached hydrogens (tertiary/aromatic N) is 5. The second kappa shape index (κ2) is 11.6. The number of unbranched alkanes of at least 4 members (excludes halogenated alkanes) is 1. The van der Waals surface area contributed by atoms with Gasteiger partial charge in [0.2, 0.25) is 5.82 Å². The predicted octanol–water partition coefficient (Wildman–Crippen LogP) is 4.25. The molecule has 6 rings (SSSR count). The number of sulfone groups is 1. The molecule has 0 amide bonds. The van der Waals surface area contributed by atoms with Crippen LogP contribution in [0.5, 0.6) is 0 Å². The monoisotopic (exact) mass is 584 g/mol. The molecule has 1 fully saturated rings. The summed E-state index contributed by atoms with van der Waals surface area (Å²) in [4.78, 5) is 18.7. The fraction of sp³-hybridized carbons (Fsp3) is 0.323. The van der Waals surface area contributed by atoms with Gasteiger partial charge in [0, 0.05) is 12.0 Å². The third-order valence-corrected chi connectivity index (χ3v) is 10.3. The van der Waals surface area contributed by atoms with Crippen LogP contribution in [-0.2, 0) is 22.8 Å². The molecule has 0 aliphatic carbocycles. The van der Waals surface area contributed by atoms with Gasteiger partial charge in [0.15, 0.2) is 9.84 Å². The number of aromatic nitrogens is 6. The minimum Gasteiger partial charge on any atom is -0.387 e. The highest BCUT2D eigenvalue weighted by Gasteiger charge is 2.37. The van der Waals surface area contributed by atoms with Gasteiger partial charge >= 0.3 is 0 Å². The Bertz CT molecular complexity index is 1890. The number of rotatable bonds is 9. The summed E-state index contributed by atoms with van der Waals surface area (Å²) < 4.78 is 26.6. The Morgan fingerprint density at radius 3 is 2.55 bits per heavy atom. The van der Waals surface area contributed by atoms with Crippen LogP contribution in [0.4, 0.5) is 0 Å². The molecule has 0 saturated carbocycles. The van der Waals surface area contributed by atoms with Crippen molar-refractivity contribution in [3.05, 3.63) is 94.0 Å². The van der Waals surface area contributed by atoms with Crippen LogP contribution in [0.15, 0.2) is 71.5 Å². The number of aliphatic hydroxyl groups excluding tert-OH is 1. The maximum absolute atomic E-state index is 13.9. The SMILES string of the molecule is CCCCc1nc2ccc(C(O)C3CCCS3(=O)=O)cc2c(=O)n1Cc1ccc(-c2ccccc2-c2nn[nH]n2)cc1. The zero-order valence-electron chi connectivity index (χ0n) is 23.3. The van der Waals surface area contributed by atoms with Gasteiger partial charge in [-0.1, -0.05) is 67.9 Å². The van der Waals surface area contributed by atoms with Gasteiger partial charge in [-0.15, -0.1) is 10.2 Å². The topological polar surface area (TPSA) is 144 Å². The highest BCUT2D eigenvalue weighted by molar-refractivity contribution is 7.92. The van der Waals surface area contributed by atoms with Crippen molar-refractivity contribution in [3.8, 4) is 22.5 Å². The van der Waals surface area contributed by atoms with E-state index in [1.165, 1.54) is 0 Å². The van der Waals surface area contributed by atoms with Gasteiger partial charge in [0.05, 0.1) is 34.6 Å². The second-order valence-corrected chi connectivity index (χ2v) is 13.1. The first-order chi connectivity index (χ1) is 20.4. The van der Waals surface area contributed by atoms with Crippen LogP contribution in [0, 0.1) is 0 Å². The molecule has 1 aliphatic heterocycles. The molecule has 3 heterocycles. The molecule has 1 saturated heterocycles.